The van der Waals surface area contributed by atoms with Crippen molar-refractivity contribution in [3.8, 4) is 0 Å². The van der Waals surface area contributed by atoms with Crippen molar-refractivity contribution in [2.75, 3.05) is 19.6 Å². The molecule has 2 heterocycles. The first-order valence-corrected chi connectivity index (χ1v) is 7.68. The van der Waals surface area contributed by atoms with Gasteiger partial charge in [-0.15, -0.1) is 0 Å². The molecule has 6 heteroatoms. The van der Waals surface area contributed by atoms with Gasteiger partial charge in [-0.1, -0.05) is 6.92 Å². The summed E-state index contributed by atoms with van der Waals surface area (Å²) in [6.45, 7) is 4.48. The number of likely N-dealkylation sites (tertiary alicyclic amines) is 1. The number of hydrogen-bond acceptors (Lipinski definition) is 4. The van der Waals surface area contributed by atoms with Gasteiger partial charge in [0.2, 0.25) is 5.91 Å². The van der Waals surface area contributed by atoms with E-state index >= 15 is 0 Å². The summed E-state index contributed by atoms with van der Waals surface area (Å²) in [4.78, 5) is 21.2. The van der Waals surface area contributed by atoms with E-state index in [2.05, 4.69) is 27.0 Å². The normalized spacial score (nSPS) is 23.3. The van der Waals surface area contributed by atoms with Gasteiger partial charge >= 0.3 is 0 Å². The van der Waals surface area contributed by atoms with E-state index in [1.165, 1.54) is 19.2 Å². The minimum absolute atomic E-state index is 0.0802. The number of hydrogen-bond donors (Lipinski definition) is 1. The van der Waals surface area contributed by atoms with Gasteiger partial charge in [-0.2, -0.15) is 5.10 Å². The molecule has 1 aliphatic heterocycles. The Kier molecular flexibility index (Phi) is 4.00. The molecule has 0 aromatic carbocycles. The van der Waals surface area contributed by atoms with Gasteiger partial charge in [-0.25, -0.2) is 4.98 Å². The lowest BCUT2D eigenvalue weighted by molar-refractivity contribution is -0.136. The standard InChI is InChI=1S/C14H23N5O/c1-2-18(11-6-7-11)9-13(20)19-8-4-3-5-12(19)14-15-10-16-17-14/h10-12H,2-9H2,1H3,(H,15,16,17). The van der Waals surface area contributed by atoms with Gasteiger partial charge in [0.15, 0.2) is 0 Å². The van der Waals surface area contributed by atoms with Crippen LogP contribution in [0.4, 0.5) is 0 Å². The molecule has 20 heavy (non-hydrogen) atoms. The van der Waals surface area contributed by atoms with Crippen LogP contribution < -0.4 is 0 Å². The molecule has 1 saturated carbocycles. The van der Waals surface area contributed by atoms with Crippen LogP contribution in [0.25, 0.3) is 0 Å². The second-order valence-electron chi connectivity index (χ2n) is 5.76. The molecule has 1 atom stereocenters. The van der Waals surface area contributed by atoms with Crippen LogP contribution in [0.15, 0.2) is 6.33 Å². The molecular weight excluding hydrogens is 254 g/mol. The molecule has 0 spiro atoms. The average molecular weight is 277 g/mol. The smallest absolute Gasteiger partial charge is 0.237 e. The molecule has 6 nitrogen and oxygen atoms in total. The predicted molar refractivity (Wildman–Crippen MR) is 75.0 cm³/mol. The Hall–Kier alpha value is -1.43. The number of likely N-dealkylation sites (N-methyl/N-ethyl adjacent to an activating group) is 1. The Labute approximate surface area is 119 Å². The monoisotopic (exact) mass is 277 g/mol. The number of nitrogens with zero attached hydrogens (tertiary/aromatic N) is 4. The van der Waals surface area contributed by atoms with E-state index in [1.54, 1.807) is 0 Å². The lowest BCUT2D eigenvalue weighted by atomic mass is 10.0. The molecule has 110 valence electrons. The van der Waals surface area contributed by atoms with Gasteiger partial charge in [-0.3, -0.25) is 14.8 Å². The van der Waals surface area contributed by atoms with Crippen molar-refractivity contribution in [2.24, 2.45) is 0 Å². The van der Waals surface area contributed by atoms with Gasteiger partial charge < -0.3 is 4.90 Å². The number of aromatic amines is 1. The molecule has 0 bridgehead atoms. The van der Waals surface area contributed by atoms with Gasteiger partial charge in [0, 0.05) is 12.6 Å². The first-order valence-electron chi connectivity index (χ1n) is 7.68. The number of rotatable bonds is 5. The molecule has 1 aliphatic carbocycles. The maximum Gasteiger partial charge on any atom is 0.237 e. The van der Waals surface area contributed by atoms with Crippen LogP contribution in [0.1, 0.15) is 50.9 Å². The zero-order valence-electron chi connectivity index (χ0n) is 12.1. The zero-order chi connectivity index (χ0) is 13.9. The number of piperidine rings is 1. The zero-order valence-corrected chi connectivity index (χ0v) is 12.1. The van der Waals surface area contributed by atoms with Crippen molar-refractivity contribution < 1.29 is 4.79 Å². The average Bonchev–Trinajstić information content (AvgIpc) is 3.18. The van der Waals surface area contributed by atoms with Crippen LogP contribution in [0.3, 0.4) is 0 Å². The molecular formula is C14H23N5O. The summed E-state index contributed by atoms with van der Waals surface area (Å²) in [7, 11) is 0. The molecule has 2 fully saturated rings. The van der Waals surface area contributed by atoms with Crippen LogP contribution in [-0.4, -0.2) is 56.6 Å². The van der Waals surface area contributed by atoms with Crippen molar-refractivity contribution >= 4 is 5.91 Å². The summed E-state index contributed by atoms with van der Waals surface area (Å²) in [5, 5.41) is 6.85. The third kappa shape index (κ3) is 2.85. The summed E-state index contributed by atoms with van der Waals surface area (Å²) in [5.41, 5.74) is 0. The van der Waals surface area contributed by atoms with Crippen LogP contribution >= 0.6 is 0 Å². The molecule has 1 unspecified atom stereocenters. The van der Waals surface area contributed by atoms with E-state index in [0.717, 1.165) is 38.2 Å². The number of nitrogens with one attached hydrogen (secondary N) is 1. The van der Waals surface area contributed by atoms with Crippen molar-refractivity contribution in [3.63, 3.8) is 0 Å². The van der Waals surface area contributed by atoms with Crippen LogP contribution in [-0.2, 0) is 4.79 Å². The molecule has 1 N–H and O–H groups in total. The lowest BCUT2D eigenvalue weighted by Crippen LogP contribution is -2.45. The van der Waals surface area contributed by atoms with E-state index in [-0.39, 0.29) is 11.9 Å². The predicted octanol–water partition coefficient (Wildman–Crippen LogP) is 1.34. The third-order valence-electron chi connectivity index (χ3n) is 4.38. The molecule has 1 aromatic heterocycles. The largest absolute Gasteiger partial charge is 0.331 e. The first kappa shape index (κ1) is 13.5. The quantitative estimate of drug-likeness (QED) is 0.882. The second-order valence-corrected chi connectivity index (χ2v) is 5.76. The van der Waals surface area contributed by atoms with Crippen LogP contribution in [0.2, 0.25) is 0 Å². The van der Waals surface area contributed by atoms with Gasteiger partial charge in [-0.05, 0) is 38.6 Å². The Morgan fingerprint density at radius 3 is 2.95 bits per heavy atom. The van der Waals surface area contributed by atoms with E-state index in [9.17, 15) is 4.79 Å². The topological polar surface area (TPSA) is 65.1 Å². The fourth-order valence-electron chi connectivity index (χ4n) is 3.09. The number of aromatic nitrogens is 3. The minimum atomic E-state index is 0.0802. The summed E-state index contributed by atoms with van der Waals surface area (Å²) < 4.78 is 0. The molecule has 1 saturated heterocycles. The summed E-state index contributed by atoms with van der Waals surface area (Å²) >= 11 is 0. The number of H-pyrrole nitrogens is 1. The first-order chi connectivity index (χ1) is 9.79. The SMILES string of the molecule is CCN(CC(=O)N1CCCCC1c1ncn[nH]1)C1CC1. The number of amides is 1. The highest BCUT2D eigenvalue weighted by molar-refractivity contribution is 5.78. The van der Waals surface area contributed by atoms with Gasteiger partial charge in [0.25, 0.3) is 0 Å². The highest BCUT2D eigenvalue weighted by Crippen LogP contribution is 2.30. The van der Waals surface area contributed by atoms with E-state index in [0.29, 0.717) is 12.6 Å². The van der Waals surface area contributed by atoms with Crippen LogP contribution in [0, 0.1) is 0 Å². The Balaban J connectivity index is 1.67. The summed E-state index contributed by atoms with van der Waals surface area (Å²) in [5.74, 6) is 1.06. The Bertz CT molecular complexity index is 442. The van der Waals surface area contributed by atoms with Crippen molar-refractivity contribution in [1.29, 1.82) is 0 Å². The maximum atomic E-state index is 12.6. The Morgan fingerprint density at radius 1 is 1.45 bits per heavy atom. The van der Waals surface area contributed by atoms with Crippen LogP contribution in [0.5, 0.6) is 0 Å². The Morgan fingerprint density at radius 2 is 2.30 bits per heavy atom. The number of carbonyl (C=O) groups excluding carboxylic acids is 1. The van der Waals surface area contributed by atoms with E-state index < -0.39 is 0 Å². The molecule has 0 radical (unpaired) electrons. The van der Waals surface area contributed by atoms with E-state index in [4.69, 9.17) is 0 Å². The van der Waals surface area contributed by atoms with Crippen molar-refractivity contribution in [3.05, 3.63) is 12.2 Å². The maximum absolute atomic E-state index is 12.6. The summed E-state index contributed by atoms with van der Waals surface area (Å²) in [6.07, 6.45) is 7.23. The van der Waals surface area contributed by atoms with Gasteiger partial charge in [0.05, 0.1) is 12.6 Å². The molecule has 1 aromatic rings. The second kappa shape index (κ2) is 5.91. The van der Waals surface area contributed by atoms with E-state index in [1.807, 2.05) is 4.90 Å². The van der Waals surface area contributed by atoms with Gasteiger partial charge in [0.1, 0.15) is 12.2 Å². The summed E-state index contributed by atoms with van der Waals surface area (Å²) in [6, 6.07) is 0.717. The fraction of sp³-hybridized carbons (Fsp3) is 0.786. The number of carbonyl (C=O) groups is 1. The fourth-order valence-corrected chi connectivity index (χ4v) is 3.09. The highest BCUT2D eigenvalue weighted by atomic mass is 16.2. The third-order valence-corrected chi connectivity index (χ3v) is 4.38. The lowest BCUT2D eigenvalue weighted by Gasteiger charge is -2.35. The van der Waals surface area contributed by atoms with Crippen molar-refractivity contribution in [1.82, 2.24) is 25.0 Å². The molecule has 3 rings (SSSR count). The van der Waals surface area contributed by atoms with Crippen molar-refractivity contribution in [2.45, 2.75) is 51.1 Å². The molecule has 1 amide bonds. The minimum Gasteiger partial charge on any atom is -0.331 e. The molecule has 2 aliphatic rings. The highest BCUT2D eigenvalue weighted by Gasteiger charge is 2.34.